The largest absolute Gasteiger partial charge is 0.383 e. The van der Waals surface area contributed by atoms with Gasteiger partial charge in [-0.15, -0.1) is 0 Å². The number of hydrogen-bond acceptors (Lipinski definition) is 6. The molecule has 6 nitrogen and oxygen atoms in total. The van der Waals surface area contributed by atoms with E-state index in [0.29, 0.717) is 31.9 Å². The number of nitrogens with zero attached hydrogens (tertiary/aromatic N) is 1. The minimum atomic E-state index is -3.56. The number of hydrogen-bond donors (Lipinski definition) is 0. The summed E-state index contributed by atoms with van der Waals surface area (Å²) in [6, 6.07) is 6.16. The number of ketones is 1. The lowest BCUT2D eigenvalue weighted by atomic mass is 9.91. The van der Waals surface area contributed by atoms with Crippen LogP contribution in [0, 0.1) is 0 Å². The molecule has 0 aromatic heterocycles. The number of morpholine rings is 1. The molecule has 0 unspecified atom stereocenters. The number of Topliss-reactive ketones (excluding diaryl/α,β-unsaturated/α-hetero) is 1. The van der Waals surface area contributed by atoms with Crippen LogP contribution in [-0.2, 0) is 14.9 Å². The predicted octanol–water partition coefficient (Wildman–Crippen LogP) is 1.32. The Kier molecular flexibility index (Phi) is 4.89. The van der Waals surface area contributed by atoms with Gasteiger partial charge in [0.1, 0.15) is 5.75 Å². The monoisotopic (exact) mass is 327 g/mol. The first-order chi connectivity index (χ1) is 10.2. The first kappa shape index (κ1) is 16.9. The average molecular weight is 327 g/mol. The van der Waals surface area contributed by atoms with Crippen LogP contribution in [-0.4, -0.2) is 57.2 Å². The second kappa shape index (κ2) is 6.36. The Labute approximate surface area is 131 Å². The van der Waals surface area contributed by atoms with E-state index in [1.54, 1.807) is 12.1 Å². The van der Waals surface area contributed by atoms with E-state index in [9.17, 15) is 13.2 Å². The van der Waals surface area contributed by atoms with Gasteiger partial charge in [0.25, 0.3) is 0 Å². The first-order valence-electron chi connectivity index (χ1n) is 7.07. The fourth-order valence-corrected chi connectivity index (χ4v) is 2.92. The lowest BCUT2D eigenvalue weighted by Crippen LogP contribution is -2.54. The molecule has 0 atom stereocenters. The molecule has 0 amide bonds. The van der Waals surface area contributed by atoms with E-state index >= 15 is 0 Å². The lowest BCUT2D eigenvalue weighted by molar-refractivity contribution is -0.00429. The Morgan fingerprint density at radius 1 is 1.18 bits per heavy atom. The van der Waals surface area contributed by atoms with Crippen molar-refractivity contribution in [2.45, 2.75) is 19.4 Å². The van der Waals surface area contributed by atoms with Gasteiger partial charge in [0.05, 0.1) is 25.0 Å². The average Bonchev–Trinajstić information content (AvgIpc) is 2.46. The zero-order valence-corrected chi connectivity index (χ0v) is 13.9. The Morgan fingerprint density at radius 2 is 1.73 bits per heavy atom. The highest BCUT2D eigenvalue weighted by molar-refractivity contribution is 7.86. The summed E-state index contributed by atoms with van der Waals surface area (Å²) in [5.41, 5.74) is -0.111. The third kappa shape index (κ3) is 4.06. The summed E-state index contributed by atoms with van der Waals surface area (Å²) in [6.07, 6.45) is 0.980. The summed E-state index contributed by atoms with van der Waals surface area (Å²) in [5.74, 6) is 0.184. The van der Waals surface area contributed by atoms with Gasteiger partial charge in [-0.1, -0.05) is 0 Å². The molecule has 0 N–H and O–H groups in total. The molecule has 0 saturated carbocycles. The smallest absolute Gasteiger partial charge is 0.306 e. The Morgan fingerprint density at radius 3 is 2.23 bits per heavy atom. The molecule has 1 aliphatic rings. The highest BCUT2D eigenvalue weighted by Gasteiger charge is 2.35. The number of carbonyl (C=O) groups excluding carboxylic acids is 1. The summed E-state index contributed by atoms with van der Waals surface area (Å²) < 4.78 is 32.2. The van der Waals surface area contributed by atoms with Crippen molar-refractivity contribution in [2.24, 2.45) is 0 Å². The fourth-order valence-electron chi connectivity index (χ4n) is 2.46. The molecule has 0 bridgehead atoms. The molecular weight excluding hydrogens is 306 g/mol. The summed E-state index contributed by atoms with van der Waals surface area (Å²) in [5, 5.41) is 0. The summed E-state index contributed by atoms with van der Waals surface area (Å²) in [7, 11) is -3.56. The number of benzene rings is 1. The minimum Gasteiger partial charge on any atom is -0.383 e. The fraction of sp³-hybridized carbons (Fsp3) is 0.533. The van der Waals surface area contributed by atoms with Crippen molar-refractivity contribution >= 4 is 15.9 Å². The second-order valence-corrected chi connectivity index (χ2v) is 7.37. The molecule has 1 saturated heterocycles. The molecule has 1 aromatic carbocycles. The van der Waals surface area contributed by atoms with Gasteiger partial charge in [0.15, 0.2) is 5.78 Å². The van der Waals surface area contributed by atoms with Crippen molar-refractivity contribution in [1.29, 1.82) is 0 Å². The SMILES string of the molecule is CC(C)(C(=O)c1ccc(OS(C)(=O)=O)cc1)N1CCOCC1. The van der Waals surface area contributed by atoms with Crippen LogP contribution < -0.4 is 4.18 Å². The molecular formula is C15H21NO5S. The zero-order valence-electron chi connectivity index (χ0n) is 13.0. The van der Waals surface area contributed by atoms with E-state index in [1.807, 2.05) is 13.8 Å². The first-order valence-corrected chi connectivity index (χ1v) is 8.89. The van der Waals surface area contributed by atoms with E-state index in [1.165, 1.54) is 12.1 Å². The topological polar surface area (TPSA) is 72.9 Å². The molecule has 2 rings (SSSR count). The van der Waals surface area contributed by atoms with E-state index < -0.39 is 15.7 Å². The van der Waals surface area contributed by atoms with Crippen molar-refractivity contribution in [1.82, 2.24) is 4.90 Å². The van der Waals surface area contributed by atoms with Crippen LogP contribution in [0.3, 0.4) is 0 Å². The Hall–Kier alpha value is -1.44. The quantitative estimate of drug-likeness (QED) is 0.600. The molecule has 1 fully saturated rings. The van der Waals surface area contributed by atoms with Gasteiger partial charge in [-0.05, 0) is 38.1 Å². The van der Waals surface area contributed by atoms with Gasteiger partial charge < -0.3 is 8.92 Å². The summed E-state index contributed by atoms with van der Waals surface area (Å²) >= 11 is 0. The molecule has 122 valence electrons. The van der Waals surface area contributed by atoms with E-state index in [-0.39, 0.29) is 11.5 Å². The van der Waals surface area contributed by atoms with Gasteiger partial charge in [-0.3, -0.25) is 9.69 Å². The van der Waals surface area contributed by atoms with Crippen molar-refractivity contribution < 1.29 is 22.1 Å². The zero-order chi connectivity index (χ0) is 16.4. The predicted molar refractivity (Wildman–Crippen MR) is 82.7 cm³/mol. The Bertz CT molecular complexity index is 630. The van der Waals surface area contributed by atoms with E-state index in [4.69, 9.17) is 8.92 Å². The standard InChI is InChI=1S/C15H21NO5S/c1-15(2,16-8-10-20-11-9-16)14(17)12-4-6-13(7-5-12)21-22(3,18)19/h4-7H,8-11H2,1-3H3. The van der Waals surface area contributed by atoms with Crippen molar-refractivity contribution in [3.8, 4) is 5.75 Å². The molecule has 7 heteroatoms. The van der Waals surface area contributed by atoms with Gasteiger partial charge >= 0.3 is 10.1 Å². The normalized spacial score (nSPS) is 17.2. The van der Waals surface area contributed by atoms with E-state index in [0.717, 1.165) is 6.26 Å². The van der Waals surface area contributed by atoms with Crippen molar-refractivity contribution in [3.63, 3.8) is 0 Å². The minimum absolute atomic E-state index is 0.0136. The highest BCUT2D eigenvalue weighted by Crippen LogP contribution is 2.23. The maximum absolute atomic E-state index is 12.7. The van der Waals surface area contributed by atoms with E-state index in [2.05, 4.69) is 4.90 Å². The summed E-state index contributed by atoms with van der Waals surface area (Å²) in [6.45, 7) is 6.46. The van der Waals surface area contributed by atoms with Crippen LogP contribution >= 0.6 is 0 Å². The molecule has 1 heterocycles. The molecule has 0 radical (unpaired) electrons. The van der Waals surface area contributed by atoms with Crippen LogP contribution in [0.1, 0.15) is 24.2 Å². The summed E-state index contributed by atoms with van der Waals surface area (Å²) in [4.78, 5) is 14.8. The number of ether oxygens (including phenoxy) is 1. The molecule has 1 aromatic rings. The van der Waals surface area contributed by atoms with Crippen LogP contribution in [0.5, 0.6) is 5.75 Å². The Balaban J connectivity index is 2.14. The molecule has 0 aliphatic carbocycles. The highest BCUT2D eigenvalue weighted by atomic mass is 32.2. The second-order valence-electron chi connectivity index (χ2n) is 5.80. The maximum atomic E-state index is 12.7. The van der Waals surface area contributed by atoms with Gasteiger partial charge in [0, 0.05) is 18.7 Å². The van der Waals surface area contributed by atoms with Crippen molar-refractivity contribution in [3.05, 3.63) is 29.8 Å². The van der Waals surface area contributed by atoms with Crippen molar-refractivity contribution in [2.75, 3.05) is 32.6 Å². The molecule has 1 aliphatic heterocycles. The maximum Gasteiger partial charge on any atom is 0.306 e. The van der Waals surface area contributed by atoms with Gasteiger partial charge in [-0.25, -0.2) is 0 Å². The third-order valence-electron chi connectivity index (χ3n) is 3.72. The number of rotatable bonds is 5. The van der Waals surface area contributed by atoms with Gasteiger partial charge in [-0.2, -0.15) is 8.42 Å². The number of carbonyl (C=O) groups is 1. The third-order valence-corrected chi connectivity index (χ3v) is 4.22. The van der Waals surface area contributed by atoms with Crippen LogP contribution in [0.15, 0.2) is 24.3 Å². The van der Waals surface area contributed by atoms with Gasteiger partial charge in [0.2, 0.25) is 0 Å². The van der Waals surface area contributed by atoms with Crippen LogP contribution in [0.2, 0.25) is 0 Å². The van der Waals surface area contributed by atoms with Crippen LogP contribution in [0.4, 0.5) is 0 Å². The molecule has 22 heavy (non-hydrogen) atoms. The molecule has 0 spiro atoms. The lowest BCUT2D eigenvalue weighted by Gasteiger charge is -2.39. The van der Waals surface area contributed by atoms with Crippen LogP contribution in [0.25, 0.3) is 0 Å².